The fourth-order valence-electron chi connectivity index (χ4n) is 3.56. The first-order chi connectivity index (χ1) is 11.4. The predicted molar refractivity (Wildman–Crippen MR) is 98.6 cm³/mol. The molecule has 2 nitrogen and oxygen atoms in total. The van der Waals surface area contributed by atoms with Gasteiger partial charge in [0.15, 0.2) is 0 Å². The van der Waals surface area contributed by atoms with Crippen molar-refractivity contribution in [3.05, 3.63) is 75.6 Å². The van der Waals surface area contributed by atoms with Gasteiger partial charge in [-0.25, -0.2) is 4.39 Å². The Balaban J connectivity index is 1.89. The third-order valence-corrected chi connectivity index (χ3v) is 5.38. The van der Waals surface area contributed by atoms with Crippen LogP contribution in [0.3, 0.4) is 0 Å². The molecule has 2 heterocycles. The summed E-state index contributed by atoms with van der Waals surface area (Å²) in [5.74, 6) is -0.279. The number of benzene rings is 2. The Hall–Kier alpha value is -1.78. The fraction of sp³-hybridized carbons (Fsp3) is 0.250. The van der Waals surface area contributed by atoms with Crippen LogP contribution in [0, 0.1) is 5.82 Å². The summed E-state index contributed by atoms with van der Waals surface area (Å²) in [6.45, 7) is 4.41. The minimum Gasteiger partial charge on any atom is -0.301 e. The number of hydrogen-bond donors (Lipinski definition) is 1. The van der Waals surface area contributed by atoms with Crippen LogP contribution in [-0.2, 0) is 6.42 Å². The van der Waals surface area contributed by atoms with Gasteiger partial charge in [0.2, 0.25) is 0 Å². The number of nitrogens with zero attached hydrogens (tertiary/aromatic N) is 1. The van der Waals surface area contributed by atoms with Gasteiger partial charge in [0.25, 0.3) is 0 Å². The van der Waals surface area contributed by atoms with Crippen LogP contribution in [0.25, 0.3) is 10.9 Å². The SMILES string of the molecule is CC1(C)Cc2c(Br)cccc2[C@H](c2cnc3c(F)cccc3c2)N1. The van der Waals surface area contributed by atoms with Crippen LogP contribution in [0.2, 0.25) is 0 Å². The second kappa shape index (κ2) is 5.64. The van der Waals surface area contributed by atoms with Crippen molar-refractivity contribution < 1.29 is 4.39 Å². The van der Waals surface area contributed by atoms with Crippen LogP contribution in [0.4, 0.5) is 4.39 Å². The molecule has 4 heteroatoms. The fourth-order valence-corrected chi connectivity index (χ4v) is 4.08. The highest BCUT2D eigenvalue weighted by Crippen LogP contribution is 2.38. The molecule has 1 aliphatic heterocycles. The lowest BCUT2D eigenvalue weighted by molar-refractivity contribution is 0.332. The molecule has 122 valence electrons. The maximum Gasteiger partial charge on any atom is 0.149 e. The lowest BCUT2D eigenvalue weighted by atomic mass is 9.81. The molecule has 0 aliphatic carbocycles. The van der Waals surface area contributed by atoms with Crippen LogP contribution >= 0.6 is 15.9 Å². The summed E-state index contributed by atoms with van der Waals surface area (Å²) in [7, 11) is 0. The average Bonchev–Trinajstić information content (AvgIpc) is 2.54. The monoisotopic (exact) mass is 384 g/mol. The van der Waals surface area contributed by atoms with Gasteiger partial charge in [0, 0.05) is 21.6 Å². The molecule has 3 aromatic rings. The number of hydrogen-bond acceptors (Lipinski definition) is 2. The molecule has 0 amide bonds. The molecule has 0 bridgehead atoms. The Kier molecular flexibility index (Phi) is 3.70. The van der Waals surface area contributed by atoms with Gasteiger partial charge in [-0.05, 0) is 55.2 Å². The molecule has 1 aromatic heterocycles. The maximum atomic E-state index is 13.9. The zero-order chi connectivity index (χ0) is 16.9. The van der Waals surface area contributed by atoms with Crippen molar-refractivity contribution in [3.8, 4) is 0 Å². The molecule has 1 N–H and O–H groups in total. The third kappa shape index (κ3) is 2.64. The average molecular weight is 385 g/mol. The van der Waals surface area contributed by atoms with Crippen molar-refractivity contribution in [2.45, 2.75) is 31.8 Å². The number of para-hydroxylation sites is 1. The van der Waals surface area contributed by atoms with Gasteiger partial charge in [-0.3, -0.25) is 4.98 Å². The first-order valence-corrected chi connectivity index (χ1v) is 8.83. The molecule has 2 aromatic carbocycles. The van der Waals surface area contributed by atoms with Crippen molar-refractivity contribution >= 4 is 26.8 Å². The lowest BCUT2D eigenvalue weighted by Gasteiger charge is -2.39. The quantitative estimate of drug-likeness (QED) is 0.627. The standard InChI is InChI=1S/C20H18BrFN2/c1-20(2)10-15-14(6-4-7-16(15)21)18(24-20)13-9-12-5-3-8-17(22)19(12)23-11-13/h3-9,11,18,24H,10H2,1-2H3/t18-/m0/s1. The summed E-state index contributed by atoms with van der Waals surface area (Å²) in [4.78, 5) is 4.37. The van der Waals surface area contributed by atoms with Gasteiger partial charge in [-0.2, -0.15) is 0 Å². The first kappa shape index (κ1) is 15.7. The van der Waals surface area contributed by atoms with E-state index in [1.54, 1.807) is 12.3 Å². The molecule has 0 saturated heterocycles. The highest BCUT2D eigenvalue weighted by molar-refractivity contribution is 9.10. The summed E-state index contributed by atoms with van der Waals surface area (Å²) in [6, 6.07) is 13.5. The largest absolute Gasteiger partial charge is 0.301 e. The molecule has 0 radical (unpaired) electrons. The number of fused-ring (bicyclic) bond motifs is 2. The minimum absolute atomic E-state index is 0.0293. The zero-order valence-electron chi connectivity index (χ0n) is 13.6. The maximum absolute atomic E-state index is 13.9. The molecule has 0 spiro atoms. The summed E-state index contributed by atoms with van der Waals surface area (Å²) in [6.07, 6.45) is 2.74. The molecular weight excluding hydrogens is 367 g/mol. The molecule has 1 aliphatic rings. The number of halogens is 2. The normalized spacial score (nSPS) is 19.2. The van der Waals surface area contributed by atoms with E-state index in [4.69, 9.17) is 0 Å². The van der Waals surface area contributed by atoms with E-state index in [9.17, 15) is 4.39 Å². The molecular formula is C20H18BrFN2. The summed E-state index contributed by atoms with van der Waals surface area (Å²) >= 11 is 3.69. The predicted octanol–water partition coefficient (Wildman–Crippen LogP) is 5.15. The Morgan fingerprint density at radius 1 is 1.21 bits per heavy atom. The molecule has 4 rings (SSSR count). The highest BCUT2D eigenvalue weighted by Gasteiger charge is 2.33. The zero-order valence-corrected chi connectivity index (χ0v) is 15.2. The Bertz CT molecular complexity index is 936. The van der Waals surface area contributed by atoms with E-state index in [1.807, 2.05) is 12.1 Å². The van der Waals surface area contributed by atoms with Gasteiger partial charge in [-0.15, -0.1) is 0 Å². The van der Waals surface area contributed by atoms with Crippen molar-refractivity contribution in [2.75, 3.05) is 0 Å². The van der Waals surface area contributed by atoms with Crippen LogP contribution in [0.15, 0.2) is 53.1 Å². The molecule has 0 saturated carbocycles. The first-order valence-electron chi connectivity index (χ1n) is 8.04. The van der Waals surface area contributed by atoms with E-state index in [1.165, 1.54) is 17.2 Å². The van der Waals surface area contributed by atoms with Gasteiger partial charge >= 0.3 is 0 Å². The lowest BCUT2D eigenvalue weighted by Crippen LogP contribution is -2.47. The van der Waals surface area contributed by atoms with Crippen molar-refractivity contribution in [1.29, 1.82) is 0 Å². The van der Waals surface area contributed by atoms with Crippen LogP contribution in [0.1, 0.15) is 36.6 Å². The Morgan fingerprint density at radius 2 is 2.00 bits per heavy atom. The van der Waals surface area contributed by atoms with E-state index in [0.717, 1.165) is 21.8 Å². The Morgan fingerprint density at radius 3 is 2.83 bits per heavy atom. The molecule has 0 fully saturated rings. The van der Waals surface area contributed by atoms with Gasteiger partial charge < -0.3 is 5.32 Å². The molecule has 24 heavy (non-hydrogen) atoms. The van der Waals surface area contributed by atoms with E-state index in [0.29, 0.717) is 5.52 Å². The van der Waals surface area contributed by atoms with Crippen LogP contribution in [-0.4, -0.2) is 10.5 Å². The number of nitrogens with one attached hydrogen (secondary N) is 1. The smallest absolute Gasteiger partial charge is 0.149 e. The van der Waals surface area contributed by atoms with Crippen molar-refractivity contribution in [2.24, 2.45) is 0 Å². The van der Waals surface area contributed by atoms with E-state index in [-0.39, 0.29) is 17.4 Å². The summed E-state index contributed by atoms with van der Waals surface area (Å²) in [5, 5.41) is 4.55. The Labute approximate surface area is 149 Å². The summed E-state index contributed by atoms with van der Waals surface area (Å²) in [5.41, 5.74) is 4.02. The second-order valence-electron chi connectivity index (χ2n) is 7.03. The topological polar surface area (TPSA) is 24.9 Å². The van der Waals surface area contributed by atoms with E-state index in [2.05, 4.69) is 58.3 Å². The molecule has 0 unspecified atom stereocenters. The number of aromatic nitrogens is 1. The van der Waals surface area contributed by atoms with E-state index >= 15 is 0 Å². The van der Waals surface area contributed by atoms with Crippen LogP contribution in [0.5, 0.6) is 0 Å². The summed E-state index contributed by atoms with van der Waals surface area (Å²) < 4.78 is 15.0. The number of pyridine rings is 1. The van der Waals surface area contributed by atoms with Gasteiger partial charge in [0.1, 0.15) is 11.3 Å². The van der Waals surface area contributed by atoms with Gasteiger partial charge in [-0.1, -0.05) is 40.2 Å². The second-order valence-corrected chi connectivity index (χ2v) is 7.88. The van der Waals surface area contributed by atoms with E-state index < -0.39 is 0 Å². The highest BCUT2D eigenvalue weighted by atomic mass is 79.9. The van der Waals surface area contributed by atoms with Gasteiger partial charge in [0.05, 0.1) is 6.04 Å². The number of rotatable bonds is 1. The van der Waals surface area contributed by atoms with Crippen LogP contribution < -0.4 is 5.32 Å². The third-order valence-electron chi connectivity index (χ3n) is 4.64. The minimum atomic E-state index is -0.279. The molecule has 1 atom stereocenters. The van der Waals surface area contributed by atoms with Crippen molar-refractivity contribution in [3.63, 3.8) is 0 Å². The van der Waals surface area contributed by atoms with Crippen molar-refractivity contribution in [1.82, 2.24) is 10.3 Å².